The van der Waals surface area contributed by atoms with Crippen LogP contribution in [0.5, 0.6) is 0 Å². The molecular weight excluding hydrogens is 266 g/mol. The predicted molar refractivity (Wildman–Crippen MR) is 64.4 cm³/mol. The van der Waals surface area contributed by atoms with Crippen molar-refractivity contribution in [1.29, 1.82) is 0 Å². The molecule has 1 amide bonds. The number of nitrogens with one attached hydrogen (secondary N) is 1. The Kier molecular flexibility index (Phi) is 4.27. The van der Waals surface area contributed by atoms with Crippen LogP contribution in [-0.4, -0.2) is 48.7 Å². The van der Waals surface area contributed by atoms with Gasteiger partial charge in [0.2, 0.25) is 11.9 Å². The van der Waals surface area contributed by atoms with Crippen molar-refractivity contribution in [3.8, 4) is 0 Å². The van der Waals surface area contributed by atoms with E-state index in [9.17, 15) is 9.59 Å². The van der Waals surface area contributed by atoms with E-state index in [4.69, 9.17) is 4.74 Å². The number of tetrazole rings is 1. The first-order valence-electron chi connectivity index (χ1n) is 5.71. The fourth-order valence-corrected chi connectivity index (χ4v) is 1.32. The van der Waals surface area contributed by atoms with Crippen LogP contribution >= 0.6 is 0 Å². The summed E-state index contributed by atoms with van der Waals surface area (Å²) in [6.45, 7) is 1.60. The molecule has 0 atom stereocenters. The third-order valence-corrected chi connectivity index (χ3v) is 2.10. The van der Waals surface area contributed by atoms with Crippen LogP contribution in [0.15, 0.2) is 18.5 Å². The number of rotatable bonds is 5. The molecule has 20 heavy (non-hydrogen) atoms. The molecule has 0 radical (unpaired) electrons. The maximum atomic E-state index is 11.8. The number of hydrogen-bond acceptors (Lipinski definition) is 8. The summed E-state index contributed by atoms with van der Waals surface area (Å²) in [5.41, 5.74) is 0. The molecule has 0 spiro atoms. The maximum absolute atomic E-state index is 11.8. The van der Waals surface area contributed by atoms with E-state index in [2.05, 4.69) is 30.8 Å². The molecule has 2 aromatic rings. The Morgan fingerprint density at radius 3 is 2.80 bits per heavy atom. The summed E-state index contributed by atoms with van der Waals surface area (Å²) in [4.78, 5) is 31.0. The number of carbonyl (C=O) groups is 2. The second kappa shape index (κ2) is 6.31. The highest BCUT2D eigenvalue weighted by molar-refractivity contribution is 5.90. The molecule has 0 aromatic carbocycles. The topological polar surface area (TPSA) is 125 Å². The van der Waals surface area contributed by atoms with Gasteiger partial charge in [0, 0.05) is 12.4 Å². The van der Waals surface area contributed by atoms with Gasteiger partial charge in [-0.1, -0.05) is 0 Å². The van der Waals surface area contributed by atoms with E-state index in [1.807, 2.05) is 0 Å². The number of amides is 1. The molecule has 0 bridgehead atoms. The van der Waals surface area contributed by atoms with Crippen molar-refractivity contribution in [3.63, 3.8) is 0 Å². The van der Waals surface area contributed by atoms with E-state index in [1.54, 1.807) is 13.0 Å². The molecule has 2 heterocycles. The van der Waals surface area contributed by atoms with Gasteiger partial charge in [-0.2, -0.15) is 0 Å². The van der Waals surface area contributed by atoms with Crippen LogP contribution in [0, 0.1) is 0 Å². The van der Waals surface area contributed by atoms with E-state index in [-0.39, 0.29) is 24.9 Å². The van der Waals surface area contributed by atoms with Crippen LogP contribution in [0.3, 0.4) is 0 Å². The van der Waals surface area contributed by atoms with E-state index in [0.29, 0.717) is 0 Å². The molecule has 0 fully saturated rings. The van der Waals surface area contributed by atoms with Crippen molar-refractivity contribution in [2.45, 2.75) is 13.5 Å². The maximum Gasteiger partial charge on any atom is 0.378 e. The summed E-state index contributed by atoms with van der Waals surface area (Å²) >= 11 is 0. The van der Waals surface area contributed by atoms with E-state index < -0.39 is 11.9 Å². The molecule has 2 rings (SSSR count). The Balaban J connectivity index is 2.02. The zero-order valence-corrected chi connectivity index (χ0v) is 10.6. The Hall–Kier alpha value is -2.91. The van der Waals surface area contributed by atoms with Crippen molar-refractivity contribution in [2.24, 2.45) is 0 Å². The van der Waals surface area contributed by atoms with Crippen LogP contribution < -0.4 is 5.32 Å². The summed E-state index contributed by atoms with van der Waals surface area (Å²) in [6.07, 6.45) is 2.98. The lowest BCUT2D eigenvalue weighted by atomic mass is 10.5. The van der Waals surface area contributed by atoms with Crippen LogP contribution in [0.2, 0.25) is 0 Å². The first kappa shape index (κ1) is 13.5. The lowest BCUT2D eigenvalue weighted by Crippen LogP contribution is -2.24. The molecule has 10 nitrogen and oxygen atoms in total. The van der Waals surface area contributed by atoms with Crippen LogP contribution in [0.4, 0.5) is 5.95 Å². The second-order valence-corrected chi connectivity index (χ2v) is 3.50. The van der Waals surface area contributed by atoms with Gasteiger partial charge in [-0.15, -0.1) is 5.10 Å². The van der Waals surface area contributed by atoms with E-state index in [0.717, 1.165) is 4.68 Å². The number of esters is 1. The molecule has 0 saturated carbocycles. The van der Waals surface area contributed by atoms with Crippen molar-refractivity contribution in [2.75, 3.05) is 11.9 Å². The van der Waals surface area contributed by atoms with Crippen LogP contribution in [0.25, 0.3) is 0 Å². The first-order chi connectivity index (χ1) is 9.70. The fourth-order valence-electron chi connectivity index (χ4n) is 1.32. The summed E-state index contributed by atoms with van der Waals surface area (Å²) in [7, 11) is 0. The minimum atomic E-state index is -0.693. The van der Waals surface area contributed by atoms with Crippen molar-refractivity contribution in [1.82, 2.24) is 30.2 Å². The number of anilines is 1. The minimum Gasteiger partial charge on any atom is -0.460 e. The summed E-state index contributed by atoms with van der Waals surface area (Å²) in [5.74, 6) is -1.14. The van der Waals surface area contributed by atoms with Gasteiger partial charge in [0.15, 0.2) is 0 Å². The highest BCUT2D eigenvalue weighted by Crippen LogP contribution is 1.98. The molecule has 104 valence electrons. The van der Waals surface area contributed by atoms with Crippen molar-refractivity contribution >= 4 is 17.8 Å². The monoisotopic (exact) mass is 277 g/mol. The van der Waals surface area contributed by atoms with Gasteiger partial charge >= 0.3 is 5.97 Å². The van der Waals surface area contributed by atoms with Crippen molar-refractivity contribution in [3.05, 3.63) is 24.3 Å². The Morgan fingerprint density at radius 1 is 1.35 bits per heavy atom. The highest BCUT2D eigenvalue weighted by Gasteiger charge is 2.18. The zero-order valence-electron chi connectivity index (χ0n) is 10.6. The van der Waals surface area contributed by atoms with Gasteiger partial charge in [-0.05, 0) is 23.4 Å². The third kappa shape index (κ3) is 3.31. The highest BCUT2D eigenvalue weighted by atomic mass is 16.5. The van der Waals surface area contributed by atoms with E-state index >= 15 is 0 Å². The van der Waals surface area contributed by atoms with Crippen LogP contribution in [0.1, 0.15) is 17.5 Å². The summed E-state index contributed by atoms with van der Waals surface area (Å²) in [5, 5.41) is 12.9. The summed E-state index contributed by atoms with van der Waals surface area (Å²) in [6, 6.07) is 1.62. The van der Waals surface area contributed by atoms with Gasteiger partial charge in [-0.3, -0.25) is 10.1 Å². The quantitative estimate of drug-likeness (QED) is 0.710. The number of nitrogens with zero attached hydrogens (tertiary/aromatic N) is 6. The fraction of sp³-hybridized carbons (Fsp3) is 0.300. The standard InChI is InChI=1S/C10H11N7O3/c1-2-20-9(19)8-14-15-16-17(8)6-7(18)13-10-11-4-3-5-12-10/h3-5H,2,6H2,1H3,(H,11,12,13,18). The van der Waals surface area contributed by atoms with Gasteiger partial charge in [-0.25, -0.2) is 19.4 Å². The molecule has 1 N–H and O–H groups in total. The van der Waals surface area contributed by atoms with E-state index in [1.165, 1.54) is 12.4 Å². The number of aromatic nitrogens is 6. The van der Waals surface area contributed by atoms with Gasteiger partial charge in [0.05, 0.1) is 6.61 Å². The largest absolute Gasteiger partial charge is 0.460 e. The molecule has 0 aliphatic heterocycles. The number of carbonyl (C=O) groups excluding carboxylic acids is 2. The molecule has 10 heteroatoms. The number of ether oxygens (including phenoxy) is 1. The van der Waals surface area contributed by atoms with Gasteiger partial charge in [0.25, 0.3) is 5.82 Å². The second-order valence-electron chi connectivity index (χ2n) is 3.50. The lowest BCUT2D eigenvalue weighted by molar-refractivity contribution is -0.117. The van der Waals surface area contributed by atoms with Gasteiger partial charge in [0.1, 0.15) is 6.54 Å². The Bertz CT molecular complexity index is 598. The van der Waals surface area contributed by atoms with Crippen LogP contribution in [-0.2, 0) is 16.1 Å². The molecule has 2 aromatic heterocycles. The third-order valence-electron chi connectivity index (χ3n) is 2.10. The van der Waals surface area contributed by atoms with Gasteiger partial charge < -0.3 is 4.74 Å². The number of hydrogen-bond donors (Lipinski definition) is 1. The molecule has 0 unspecified atom stereocenters. The molecule has 0 aliphatic rings. The minimum absolute atomic E-state index is 0.143. The first-order valence-corrected chi connectivity index (χ1v) is 5.71. The average Bonchev–Trinajstić information content (AvgIpc) is 2.88. The smallest absolute Gasteiger partial charge is 0.378 e. The molecular formula is C10H11N7O3. The normalized spacial score (nSPS) is 10.1. The summed E-state index contributed by atoms with van der Waals surface area (Å²) < 4.78 is 5.81. The Labute approximate surface area is 113 Å². The zero-order chi connectivity index (χ0) is 14.4. The molecule has 0 saturated heterocycles. The SMILES string of the molecule is CCOC(=O)c1nnnn1CC(=O)Nc1ncccn1. The van der Waals surface area contributed by atoms with Crippen molar-refractivity contribution < 1.29 is 14.3 Å². The Morgan fingerprint density at radius 2 is 2.10 bits per heavy atom. The molecule has 0 aliphatic carbocycles. The average molecular weight is 277 g/mol. The lowest BCUT2D eigenvalue weighted by Gasteiger charge is -2.04. The predicted octanol–water partition coefficient (Wildman–Crippen LogP) is -0.722.